The minimum absolute atomic E-state index is 0.206. The molecule has 0 atom stereocenters. The molecule has 2 amide bonds. The predicted octanol–water partition coefficient (Wildman–Crippen LogP) is 0.726. The SMILES string of the molecule is C=C(C)C(=O)O/C=C/N1C(=O)CCC1=O. The van der Waals surface area contributed by atoms with Crippen molar-refractivity contribution in [2.24, 2.45) is 0 Å². The van der Waals surface area contributed by atoms with Crippen molar-refractivity contribution >= 4 is 17.8 Å². The topological polar surface area (TPSA) is 63.7 Å². The van der Waals surface area contributed by atoms with E-state index in [1.165, 1.54) is 6.92 Å². The Balaban J connectivity index is 2.51. The number of hydrogen-bond donors (Lipinski definition) is 0. The van der Waals surface area contributed by atoms with Crippen LogP contribution >= 0.6 is 0 Å². The summed E-state index contributed by atoms with van der Waals surface area (Å²) in [5.74, 6) is -1.17. The first-order valence-corrected chi connectivity index (χ1v) is 4.40. The first-order valence-electron chi connectivity index (χ1n) is 4.40. The standard InChI is InChI=1S/C10H11NO4/c1-7(2)10(14)15-6-5-11-8(12)3-4-9(11)13/h5-6H,1,3-4H2,2H3/b6-5+. The molecule has 1 aliphatic heterocycles. The quantitative estimate of drug-likeness (QED) is 0.297. The smallest absolute Gasteiger partial charge is 0.337 e. The van der Waals surface area contributed by atoms with Crippen LogP contribution in [-0.4, -0.2) is 22.7 Å². The van der Waals surface area contributed by atoms with Gasteiger partial charge in [-0.15, -0.1) is 0 Å². The highest BCUT2D eigenvalue weighted by molar-refractivity contribution is 6.02. The fraction of sp³-hybridized carbons (Fsp3) is 0.300. The van der Waals surface area contributed by atoms with E-state index in [0.717, 1.165) is 17.4 Å². The van der Waals surface area contributed by atoms with E-state index in [1.54, 1.807) is 0 Å². The Labute approximate surface area is 87.0 Å². The number of nitrogens with zero attached hydrogens (tertiary/aromatic N) is 1. The summed E-state index contributed by atoms with van der Waals surface area (Å²) < 4.78 is 4.60. The Morgan fingerprint density at radius 1 is 1.40 bits per heavy atom. The lowest BCUT2D eigenvalue weighted by Crippen LogP contribution is -2.22. The second-order valence-electron chi connectivity index (χ2n) is 3.13. The first-order chi connectivity index (χ1) is 7.02. The number of amides is 2. The van der Waals surface area contributed by atoms with E-state index in [0.29, 0.717) is 0 Å². The third-order valence-electron chi connectivity index (χ3n) is 1.82. The monoisotopic (exact) mass is 209 g/mol. The van der Waals surface area contributed by atoms with Gasteiger partial charge in [0, 0.05) is 18.4 Å². The molecule has 0 spiro atoms. The molecule has 0 N–H and O–H groups in total. The summed E-state index contributed by atoms with van der Waals surface area (Å²) in [6.07, 6.45) is 2.58. The normalized spacial score (nSPS) is 16.2. The van der Waals surface area contributed by atoms with E-state index < -0.39 is 5.97 Å². The van der Waals surface area contributed by atoms with Gasteiger partial charge in [0.25, 0.3) is 0 Å². The van der Waals surface area contributed by atoms with Crippen molar-refractivity contribution in [3.63, 3.8) is 0 Å². The van der Waals surface area contributed by atoms with Crippen LogP contribution in [0, 0.1) is 0 Å². The van der Waals surface area contributed by atoms with Gasteiger partial charge < -0.3 is 4.74 Å². The van der Waals surface area contributed by atoms with Gasteiger partial charge in [-0.2, -0.15) is 0 Å². The lowest BCUT2D eigenvalue weighted by molar-refractivity contribution is -0.137. The van der Waals surface area contributed by atoms with Crippen LogP contribution in [0.3, 0.4) is 0 Å². The number of carbonyl (C=O) groups excluding carboxylic acids is 3. The van der Waals surface area contributed by atoms with Gasteiger partial charge in [0.05, 0.1) is 6.20 Å². The molecule has 5 heteroatoms. The van der Waals surface area contributed by atoms with Gasteiger partial charge in [-0.1, -0.05) is 6.58 Å². The highest BCUT2D eigenvalue weighted by Gasteiger charge is 2.26. The lowest BCUT2D eigenvalue weighted by atomic mass is 10.4. The van der Waals surface area contributed by atoms with Crippen LogP contribution in [0.5, 0.6) is 0 Å². The third kappa shape index (κ3) is 2.77. The number of imide groups is 1. The summed E-state index contributed by atoms with van der Waals surface area (Å²) in [6, 6.07) is 0. The minimum Gasteiger partial charge on any atom is -0.430 e. The van der Waals surface area contributed by atoms with Crippen LogP contribution in [0.25, 0.3) is 0 Å². The Morgan fingerprint density at radius 2 is 1.93 bits per heavy atom. The molecule has 0 saturated carbocycles. The molecule has 80 valence electrons. The maximum absolute atomic E-state index is 11.1. The molecule has 0 aliphatic carbocycles. The molecule has 15 heavy (non-hydrogen) atoms. The van der Waals surface area contributed by atoms with Gasteiger partial charge in [-0.25, -0.2) is 4.79 Å². The molecule has 0 aromatic heterocycles. The fourth-order valence-electron chi connectivity index (χ4n) is 1.01. The predicted molar refractivity (Wildman–Crippen MR) is 51.1 cm³/mol. The van der Waals surface area contributed by atoms with Crippen molar-refractivity contribution in [3.8, 4) is 0 Å². The number of ether oxygens (including phenoxy) is 1. The number of hydrogen-bond acceptors (Lipinski definition) is 4. The fourth-order valence-corrected chi connectivity index (χ4v) is 1.01. The van der Waals surface area contributed by atoms with Gasteiger partial charge in [0.2, 0.25) is 11.8 Å². The highest BCUT2D eigenvalue weighted by atomic mass is 16.5. The zero-order valence-corrected chi connectivity index (χ0v) is 8.36. The first kappa shape index (κ1) is 11.2. The number of esters is 1. The molecule has 0 aromatic rings. The van der Waals surface area contributed by atoms with Crippen molar-refractivity contribution in [3.05, 3.63) is 24.6 Å². The van der Waals surface area contributed by atoms with Gasteiger partial charge in [-0.3, -0.25) is 14.5 Å². The molecule has 5 nitrogen and oxygen atoms in total. The average Bonchev–Trinajstić information content (AvgIpc) is 2.48. The number of likely N-dealkylation sites (tertiary alicyclic amines) is 1. The second-order valence-corrected chi connectivity index (χ2v) is 3.13. The summed E-state index contributed by atoms with van der Waals surface area (Å²) in [5, 5.41) is 0. The Bertz CT molecular complexity index is 340. The molecule has 1 saturated heterocycles. The van der Waals surface area contributed by atoms with E-state index in [1.807, 2.05) is 0 Å². The molecule has 0 unspecified atom stereocenters. The van der Waals surface area contributed by atoms with E-state index in [2.05, 4.69) is 11.3 Å². The molecular weight excluding hydrogens is 198 g/mol. The summed E-state index contributed by atoms with van der Waals surface area (Å²) in [4.78, 5) is 34.0. The maximum atomic E-state index is 11.1. The van der Waals surface area contributed by atoms with Gasteiger partial charge in [0.1, 0.15) is 6.26 Å². The summed E-state index contributed by atoms with van der Waals surface area (Å²) >= 11 is 0. The summed E-state index contributed by atoms with van der Waals surface area (Å²) in [7, 11) is 0. The highest BCUT2D eigenvalue weighted by Crippen LogP contribution is 2.11. The molecule has 1 aliphatic rings. The van der Waals surface area contributed by atoms with Crippen molar-refractivity contribution in [2.45, 2.75) is 19.8 Å². The van der Waals surface area contributed by atoms with Gasteiger partial charge in [-0.05, 0) is 6.92 Å². The Hall–Kier alpha value is -1.91. The Morgan fingerprint density at radius 3 is 2.40 bits per heavy atom. The van der Waals surface area contributed by atoms with Crippen LogP contribution < -0.4 is 0 Å². The van der Waals surface area contributed by atoms with Crippen molar-refractivity contribution in [1.82, 2.24) is 4.90 Å². The van der Waals surface area contributed by atoms with Crippen molar-refractivity contribution in [1.29, 1.82) is 0 Å². The Kier molecular flexibility index (Phi) is 3.38. The lowest BCUT2D eigenvalue weighted by Gasteiger charge is -2.05. The van der Waals surface area contributed by atoms with Crippen molar-refractivity contribution in [2.75, 3.05) is 0 Å². The maximum Gasteiger partial charge on any atom is 0.337 e. The molecule has 1 rings (SSSR count). The molecule has 0 bridgehead atoms. The van der Waals surface area contributed by atoms with E-state index in [9.17, 15) is 14.4 Å². The van der Waals surface area contributed by atoms with E-state index in [4.69, 9.17) is 0 Å². The zero-order valence-electron chi connectivity index (χ0n) is 8.36. The molecule has 1 heterocycles. The van der Waals surface area contributed by atoms with Crippen LogP contribution in [-0.2, 0) is 19.1 Å². The van der Waals surface area contributed by atoms with Crippen LogP contribution in [0.15, 0.2) is 24.6 Å². The second kappa shape index (κ2) is 4.54. The van der Waals surface area contributed by atoms with E-state index >= 15 is 0 Å². The van der Waals surface area contributed by atoms with Crippen LogP contribution in [0.4, 0.5) is 0 Å². The minimum atomic E-state index is -0.592. The largest absolute Gasteiger partial charge is 0.430 e. The number of carbonyl (C=O) groups is 3. The molecule has 1 fully saturated rings. The molecular formula is C10H11NO4. The molecule has 0 radical (unpaired) electrons. The van der Waals surface area contributed by atoms with E-state index in [-0.39, 0.29) is 30.2 Å². The zero-order chi connectivity index (χ0) is 11.4. The summed E-state index contributed by atoms with van der Waals surface area (Å²) in [5.41, 5.74) is 0.249. The van der Waals surface area contributed by atoms with Crippen LogP contribution in [0.1, 0.15) is 19.8 Å². The number of rotatable bonds is 3. The third-order valence-corrected chi connectivity index (χ3v) is 1.82. The average molecular weight is 209 g/mol. The molecule has 0 aromatic carbocycles. The van der Waals surface area contributed by atoms with Crippen molar-refractivity contribution < 1.29 is 19.1 Å². The van der Waals surface area contributed by atoms with Gasteiger partial charge >= 0.3 is 5.97 Å². The van der Waals surface area contributed by atoms with Gasteiger partial charge in [0.15, 0.2) is 0 Å². The van der Waals surface area contributed by atoms with Crippen LogP contribution in [0.2, 0.25) is 0 Å². The summed E-state index contributed by atoms with van der Waals surface area (Å²) in [6.45, 7) is 4.88.